The molecule has 0 spiro atoms. The summed E-state index contributed by atoms with van der Waals surface area (Å²) in [4.78, 5) is 25.5. The van der Waals surface area contributed by atoms with E-state index in [2.05, 4.69) is 0 Å². The molecule has 0 radical (unpaired) electrons. The molecule has 1 heterocycles. The van der Waals surface area contributed by atoms with Gasteiger partial charge in [-0.05, 0) is 12.1 Å². The van der Waals surface area contributed by atoms with E-state index in [9.17, 15) is 9.59 Å². The van der Waals surface area contributed by atoms with Crippen LogP contribution in [0, 0.1) is 0 Å². The molecule has 1 aromatic rings. The molecular weight excluding hydrogens is 333 g/mol. The van der Waals surface area contributed by atoms with E-state index in [1.807, 2.05) is 0 Å². The first kappa shape index (κ1) is 16.5. The zero-order valence-electron chi connectivity index (χ0n) is 11.8. The van der Waals surface area contributed by atoms with E-state index < -0.39 is 18.0 Å². The highest BCUT2D eigenvalue weighted by atomic mass is 35.5. The Labute approximate surface area is 137 Å². The Morgan fingerprint density at radius 2 is 2.05 bits per heavy atom. The molecular formula is C13H15Cl2N3O4. The zero-order chi connectivity index (χ0) is 16.4. The average molecular weight is 348 g/mol. The summed E-state index contributed by atoms with van der Waals surface area (Å²) in [5.74, 6) is -0.231. The van der Waals surface area contributed by atoms with Crippen LogP contribution >= 0.6 is 23.2 Å². The number of ether oxygens (including phenoxy) is 1. The van der Waals surface area contributed by atoms with Crippen molar-refractivity contribution < 1.29 is 19.4 Å². The molecule has 1 aliphatic rings. The second-order valence-electron chi connectivity index (χ2n) is 4.75. The lowest BCUT2D eigenvalue weighted by Crippen LogP contribution is -2.59. The van der Waals surface area contributed by atoms with Crippen LogP contribution in [0.1, 0.15) is 0 Å². The van der Waals surface area contributed by atoms with Crippen molar-refractivity contribution >= 4 is 40.9 Å². The topological polar surface area (TPSA) is 96.1 Å². The number of piperazine rings is 1. The van der Waals surface area contributed by atoms with Gasteiger partial charge in [0.2, 0.25) is 5.91 Å². The molecule has 0 aliphatic carbocycles. The number of benzene rings is 1. The predicted molar refractivity (Wildman–Crippen MR) is 82.9 cm³/mol. The van der Waals surface area contributed by atoms with Gasteiger partial charge in [0.15, 0.2) is 0 Å². The van der Waals surface area contributed by atoms with Crippen molar-refractivity contribution in [1.82, 2.24) is 4.90 Å². The number of carbonyl (C=O) groups excluding carboxylic acids is 1. The molecule has 1 saturated heterocycles. The van der Waals surface area contributed by atoms with Crippen molar-refractivity contribution in [1.29, 1.82) is 0 Å². The molecule has 1 atom stereocenters. The van der Waals surface area contributed by atoms with E-state index in [1.54, 1.807) is 17.0 Å². The van der Waals surface area contributed by atoms with Crippen LogP contribution in [-0.2, 0) is 4.79 Å². The summed E-state index contributed by atoms with van der Waals surface area (Å²) in [5, 5.41) is 9.77. The summed E-state index contributed by atoms with van der Waals surface area (Å²) in [6, 6.07) is 2.29. The lowest BCUT2D eigenvalue weighted by Gasteiger charge is -2.40. The number of amides is 2. The van der Waals surface area contributed by atoms with Crippen molar-refractivity contribution in [3.63, 3.8) is 0 Å². The molecule has 7 nitrogen and oxygen atoms in total. The van der Waals surface area contributed by atoms with E-state index in [0.717, 1.165) is 4.90 Å². The summed E-state index contributed by atoms with van der Waals surface area (Å²) in [6.07, 6.45) is -1.19. The summed E-state index contributed by atoms with van der Waals surface area (Å²) in [5.41, 5.74) is 5.83. The van der Waals surface area contributed by atoms with Crippen molar-refractivity contribution in [2.24, 2.45) is 5.73 Å². The Hall–Kier alpha value is -1.86. The largest absolute Gasteiger partial charge is 0.495 e. The summed E-state index contributed by atoms with van der Waals surface area (Å²) < 4.78 is 5.27. The van der Waals surface area contributed by atoms with Gasteiger partial charge in [0.05, 0.1) is 22.8 Å². The molecule has 0 unspecified atom stereocenters. The maximum atomic E-state index is 11.6. The second kappa shape index (κ2) is 6.50. The number of hydrogen-bond acceptors (Lipinski definition) is 4. The molecule has 120 valence electrons. The molecule has 2 amide bonds. The Kier molecular flexibility index (Phi) is 4.87. The van der Waals surface area contributed by atoms with Crippen LogP contribution in [0.2, 0.25) is 10.0 Å². The van der Waals surface area contributed by atoms with Crippen LogP contribution in [0.3, 0.4) is 0 Å². The Bertz CT molecular complexity index is 611. The number of rotatable bonds is 3. The maximum Gasteiger partial charge on any atom is 0.408 e. The lowest BCUT2D eigenvalue weighted by atomic mass is 10.1. The van der Waals surface area contributed by atoms with Crippen LogP contribution in [0.15, 0.2) is 12.1 Å². The number of carbonyl (C=O) groups is 2. The summed E-state index contributed by atoms with van der Waals surface area (Å²) >= 11 is 12.3. The van der Waals surface area contributed by atoms with Crippen LogP contribution in [0.4, 0.5) is 10.5 Å². The highest BCUT2D eigenvalue weighted by Gasteiger charge is 2.35. The van der Waals surface area contributed by atoms with E-state index in [1.165, 1.54) is 7.11 Å². The van der Waals surface area contributed by atoms with Gasteiger partial charge in [0.1, 0.15) is 11.8 Å². The standard InChI is InChI=1S/C13H15Cl2N3O4/c1-22-9-3-2-7(14)10(15)11(9)17-4-5-18(13(20)21)8(6-17)12(16)19/h2-3,8H,4-6H2,1H3,(H2,16,19)(H,20,21)/t8-/m1/s1. The zero-order valence-corrected chi connectivity index (χ0v) is 13.3. The third-order valence-electron chi connectivity index (χ3n) is 3.52. The Morgan fingerprint density at radius 3 is 2.59 bits per heavy atom. The highest BCUT2D eigenvalue weighted by Crippen LogP contribution is 2.41. The number of halogens is 2. The minimum Gasteiger partial charge on any atom is -0.495 e. The first-order valence-corrected chi connectivity index (χ1v) is 7.18. The van der Waals surface area contributed by atoms with Gasteiger partial charge < -0.3 is 20.5 Å². The fourth-order valence-corrected chi connectivity index (χ4v) is 2.87. The first-order valence-electron chi connectivity index (χ1n) is 6.42. The molecule has 2 rings (SSSR count). The van der Waals surface area contributed by atoms with E-state index >= 15 is 0 Å². The molecule has 0 aromatic heterocycles. The van der Waals surface area contributed by atoms with Gasteiger partial charge in [-0.2, -0.15) is 0 Å². The van der Waals surface area contributed by atoms with Crippen molar-refractivity contribution in [3.05, 3.63) is 22.2 Å². The second-order valence-corrected chi connectivity index (χ2v) is 5.54. The van der Waals surface area contributed by atoms with Gasteiger partial charge in [-0.1, -0.05) is 23.2 Å². The molecule has 1 fully saturated rings. The SMILES string of the molecule is COc1ccc(Cl)c(Cl)c1N1CCN(C(=O)O)[C@@H](C(N)=O)C1. The first-order chi connectivity index (χ1) is 10.4. The van der Waals surface area contributed by atoms with Crippen molar-refractivity contribution in [3.8, 4) is 5.75 Å². The number of nitrogens with zero attached hydrogens (tertiary/aromatic N) is 2. The van der Waals surface area contributed by atoms with Crippen molar-refractivity contribution in [2.45, 2.75) is 6.04 Å². The monoisotopic (exact) mass is 347 g/mol. The quantitative estimate of drug-likeness (QED) is 0.866. The molecule has 1 aliphatic heterocycles. The average Bonchev–Trinajstić information content (AvgIpc) is 2.49. The molecule has 3 N–H and O–H groups in total. The number of hydrogen-bond donors (Lipinski definition) is 2. The minimum absolute atomic E-state index is 0.0814. The summed E-state index contributed by atoms with van der Waals surface area (Å²) in [7, 11) is 1.49. The van der Waals surface area contributed by atoms with Gasteiger partial charge in [-0.3, -0.25) is 9.69 Å². The maximum absolute atomic E-state index is 11.6. The number of carboxylic acid groups (broad SMARTS) is 1. The van der Waals surface area contributed by atoms with E-state index in [4.69, 9.17) is 38.8 Å². The number of nitrogens with two attached hydrogens (primary N) is 1. The summed E-state index contributed by atoms with van der Waals surface area (Å²) in [6.45, 7) is 0.541. The van der Waals surface area contributed by atoms with Gasteiger partial charge >= 0.3 is 6.09 Å². The van der Waals surface area contributed by atoms with Gasteiger partial charge in [0.25, 0.3) is 0 Å². The van der Waals surface area contributed by atoms with Crippen LogP contribution in [0.25, 0.3) is 0 Å². The fraction of sp³-hybridized carbons (Fsp3) is 0.385. The van der Waals surface area contributed by atoms with E-state index in [-0.39, 0.29) is 18.1 Å². The Morgan fingerprint density at radius 1 is 1.36 bits per heavy atom. The van der Waals surface area contributed by atoms with Crippen LogP contribution in [-0.4, -0.2) is 54.8 Å². The van der Waals surface area contributed by atoms with Crippen LogP contribution < -0.4 is 15.4 Å². The molecule has 1 aromatic carbocycles. The van der Waals surface area contributed by atoms with E-state index in [0.29, 0.717) is 23.0 Å². The molecule has 0 saturated carbocycles. The molecule has 9 heteroatoms. The minimum atomic E-state index is -1.19. The predicted octanol–water partition coefficient (Wildman–Crippen LogP) is 1.66. The van der Waals surface area contributed by atoms with Gasteiger partial charge in [-0.25, -0.2) is 4.79 Å². The lowest BCUT2D eigenvalue weighted by molar-refractivity contribution is -0.122. The molecule has 0 bridgehead atoms. The normalized spacial score (nSPS) is 18.2. The third-order valence-corrected chi connectivity index (χ3v) is 4.32. The fourth-order valence-electron chi connectivity index (χ4n) is 2.44. The third kappa shape index (κ3) is 3.00. The number of anilines is 1. The smallest absolute Gasteiger partial charge is 0.408 e. The number of primary amides is 1. The number of methoxy groups -OCH3 is 1. The highest BCUT2D eigenvalue weighted by molar-refractivity contribution is 6.44. The van der Waals surface area contributed by atoms with Crippen molar-refractivity contribution in [2.75, 3.05) is 31.6 Å². The molecule has 22 heavy (non-hydrogen) atoms. The van der Waals surface area contributed by atoms with Gasteiger partial charge in [-0.15, -0.1) is 0 Å². The van der Waals surface area contributed by atoms with Gasteiger partial charge in [0, 0.05) is 19.6 Å². The Balaban J connectivity index is 2.37. The van der Waals surface area contributed by atoms with Crippen LogP contribution in [0.5, 0.6) is 5.75 Å².